The van der Waals surface area contributed by atoms with Crippen LogP contribution in [0.5, 0.6) is 0 Å². The van der Waals surface area contributed by atoms with E-state index in [1.807, 2.05) is 6.07 Å². The van der Waals surface area contributed by atoms with Crippen molar-refractivity contribution in [2.45, 2.75) is 18.8 Å². The highest BCUT2D eigenvalue weighted by Gasteiger charge is 2.46. The Morgan fingerprint density at radius 3 is 2.47 bits per heavy atom. The molecule has 2 heterocycles. The van der Waals surface area contributed by atoms with Gasteiger partial charge in [-0.3, -0.25) is 9.59 Å². The fourth-order valence-electron chi connectivity index (χ4n) is 2.45. The Morgan fingerprint density at radius 2 is 1.79 bits per heavy atom. The fourth-order valence-corrected chi connectivity index (χ4v) is 2.45. The van der Waals surface area contributed by atoms with Gasteiger partial charge in [-0.05, 0) is 0 Å². The highest BCUT2D eigenvalue weighted by molar-refractivity contribution is 6.01. The van der Waals surface area contributed by atoms with Gasteiger partial charge in [-0.25, -0.2) is 0 Å². The average Bonchev–Trinajstić information content (AvgIpc) is 3.07. The van der Waals surface area contributed by atoms with Crippen LogP contribution in [0.15, 0.2) is 30.3 Å². The number of ether oxygens (including phenoxy) is 3. The van der Waals surface area contributed by atoms with E-state index < -0.39 is 12.4 Å². The van der Waals surface area contributed by atoms with E-state index in [9.17, 15) is 9.59 Å². The summed E-state index contributed by atoms with van der Waals surface area (Å²) in [5.41, 5.74) is 0.533. The zero-order valence-corrected chi connectivity index (χ0v) is 10.3. The molecule has 0 spiro atoms. The average molecular weight is 262 g/mol. The zero-order valence-electron chi connectivity index (χ0n) is 10.3. The van der Waals surface area contributed by atoms with Crippen molar-refractivity contribution in [3.63, 3.8) is 0 Å². The number of esters is 1. The second-order valence-electron chi connectivity index (χ2n) is 4.62. The van der Waals surface area contributed by atoms with Gasteiger partial charge in [0.15, 0.2) is 12.4 Å². The minimum atomic E-state index is -0.807. The maximum absolute atomic E-state index is 12.4. The Kier molecular flexibility index (Phi) is 3.31. The van der Waals surface area contributed by atoms with Crippen molar-refractivity contribution in [3.8, 4) is 0 Å². The van der Waals surface area contributed by atoms with Crippen LogP contribution in [0.1, 0.15) is 16.8 Å². The lowest BCUT2D eigenvalue weighted by molar-refractivity contribution is -0.140. The van der Waals surface area contributed by atoms with Gasteiger partial charge in [0.25, 0.3) is 0 Å². The lowest BCUT2D eigenvalue weighted by Gasteiger charge is -2.20. The van der Waals surface area contributed by atoms with Gasteiger partial charge in [0, 0.05) is 5.56 Å². The molecule has 0 unspecified atom stereocenters. The highest BCUT2D eigenvalue weighted by Crippen LogP contribution is 2.31. The Hall–Kier alpha value is -1.72. The van der Waals surface area contributed by atoms with Crippen molar-refractivity contribution in [3.05, 3.63) is 35.9 Å². The van der Waals surface area contributed by atoms with Crippen LogP contribution in [-0.2, 0) is 19.0 Å². The molecule has 2 fully saturated rings. The standard InChI is InChI=1S/C14H14O5/c15-11-8-10(14-17-6-7-18-14)13(19-11)12(16)9-4-2-1-3-5-9/h1-5,10,13-14H,6-8H2/t10-,13-/m1/s1. The molecule has 19 heavy (non-hydrogen) atoms. The molecule has 0 saturated carbocycles. The van der Waals surface area contributed by atoms with Gasteiger partial charge in [-0.15, -0.1) is 0 Å². The Labute approximate surface area is 110 Å². The molecule has 0 aromatic heterocycles. The number of hydrogen-bond donors (Lipinski definition) is 0. The van der Waals surface area contributed by atoms with Crippen molar-refractivity contribution in [1.29, 1.82) is 0 Å². The first kappa shape index (κ1) is 12.3. The lowest BCUT2D eigenvalue weighted by atomic mass is 9.94. The van der Waals surface area contributed by atoms with E-state index in [1.165, 1.54) is 0 Å². The van der Waals surface area contributed by atoms with Gasteiger partial charge >= 0.3 is 5.97 Å². The molecule has 3 rings (SSSR count). The molecule has 100 valence electrons. The van der Waals surface area contributed by atoms with E-state index in [1.54, 1.807) is 24.3 Å². The first-order chi connectivity index (χ1) is 9.25. The first-order valence-electron chi connectivity index (χ1n) is 6.27. The minimum absolute atomic E-state index is 0.161. The first-order valence-corrected chi connectivity index (χ1v) is 6.27. The van der Waals surface area contributed by atoms with Crippen LogP contribution < -0.4 is 0 Å². The number of ketones is 1. The van der Waals surface area contributed by atoms with Crippen molar-refractivity contribution >= 4 is 11.8 Å². The Bertz CT molecular complexity index is 478. The molecule has 1 aromatic carbocycles. The van der Waals surface area contributed by atoms with E-state index in [2.05, 4.69) is 0 Å². The molecule has 5 nitrogen and oxygen atoms in total. The molecule has 0 aliphatic carbocycles. The molecular formula is C14H14O5. The quantitative estimate of drug-likeness (QED) is 0.604. The molecule has 2 aliphatic rings. The number of Topliss-reactive ketones (excluding diaryl/α,β-unsaturated/α-hetero) is 1. The van der Waals surface area contributed by atoms with Crippen LogP contribution in [-0.4, -0.2) is 37.4 Å². The summed E-state index contributed by atoms with van der Waals surface area (Å²) >= 11 is 0. The summed E-state index contributed by atoms with van der Waals surface area (Å²) in [7, 11) is 0. The Morgan fingerprint density at radius 1 is 1.11 bits per heavy atom. The largest absolute Gasteiger partial charge is 0.453 e. The van der Waals surface area contributed by atoms with Crippen LogP contribution in [0.3, 0.4) is 0 Å². The number of carbonyl (C=O) groups excluding carboxylic acids is 2. The second kappa shape index (κ2) is 5.11. The van der Waals surface area contributed by atoms with Crippen LogP contribution >= 0.6 is 0 Å². The monoisotopic (exact) mass is 262 g/mol. The molecule has 1 aromatic rings. The van der Waals surface area contributed by atoms with Crippen molar-refractivity contribution in [2.75, 3.05) is 13.2 Å². The summed E-state index contributed by atoms with van der Waals surface area (Å²) in [4.78, 5) is 23.8. The third kappa shape index (κ3) is 2.39. The number of hydrogen-bond acceptors (Lipinski definition) is 5. The lowest BCUT2D eigenvalue weighted by Crippen LogP contribution is -2.35. The van der Waals surface area contributed by atoms with Crippen LogP contribution in [0.4, 0.5) is 0 Å². The number of carbonyl (C=O) groups is 2. The van der Waals surface area contributed by atoms with E-state index in [0.29, 0.717) is 18.8 Å². The van der Waals surface area contributed by atoms with Crippen LogP contribution in [0.25, 0.3) is 0 Å². The minimum Gasteiger partial charge on any atom is -0.453 e. The Balaban J connectivity index is 1.81. The van der Waals surface area contributed by atoms with E-state index >= 15 is 0 Å². The summed E-state index contributed by atoms with van der Waals surface area (Å²) in [6.45, 7) is 0.975. The topological polar surface area (TPSA) is 61.8 Å². The van der Waals surface area contributed by atoms with Gasteiger partial charge in [0.05, 0.1) is 25.6 Å². The molecular weight excluding hydrogens is 248 g/mol. The predicted molar refractivity (Wildman–Crippen MR) is 64.5 cm³/mol. The molecule has 0 bridgehead atoms. The van der Waals surface area contributed by atoms with Gasteiger partial charge in [-0.2, -0.15) is 0 Å². The third-order valence-electron chi connectivity index (χ3n) is 3.36. The second-order valence-corrected chi connectivity index (χ2v) is 4.62. The molecule has 2 atom stereocenters. The molecule has 5 heteroatoms. The summed E-state index contributed by atoms with van der Waals surface area (Å²) in [6, 6.07) is 8.81. The molecule has 0 radical (unpaired) electrons. The normalized spacial score (nSPS) is 27.5. The summed E-state index contributed by atoms with van der Waals surface area (Å²) in [6.07, 6.45) is -1.17. The maximum Gasteiger partial charge on any atom is 0.307 e. The summed E-state index contributed by atoms with van der Waals surface area (Å²) in [5.74, 6) is -0.934. The number of rotatable bonds is 3. The smallest absolute Gasteiger partial charge is 0.307 e. The van der Waals surface area contributed by atoms with Gasteiger partial charge in [-0.1, -0.05) is 30.3 Å². The van der Waals surface area contributed by atoms with Crippen LogP contribution in [0, 0.1) is 5.92 Å². The van der Waals surface area contributed by atoms with Gasteiger partial charge in [0.2, 0.25) is 5.78 Å². The van der Waals surface area contributed by atoms with Gasteiger partial charge in [0.1, 0.15) is 0 Å². The van der Waals surface area contributed by atoms with Gasteiger partial charge < -0.3 is 14.2 Å². The van der Waals surface area contributed by atoms with Crippen LogP contribution in [0.2, 0.25) is 0 Å². The summed E-state index contributed by atoms with van der Waals surface area (Å²) < 4.78 is 15.9. The predicted octanol–water partition coefficient (Wildman–Crippen LogP) is 1.17. The number of benzene rings is 1. The van der Waals surface area contributed by atoms with E-state index in [4.69, 9.17) is 14.2 Å². The number of cyclic esters (lactones) is 1. The SMILES string of the molecule is O=C1C[C@@H](C2OCCO2)[C@H](C(=O)c2ccccc2)O1. The maximum atomic E-state index is 12.4. The van der Waals surface area contributed by atoms with E-state index in [0.717, 1.165) is 0 Å². The van der Waals surface area contributed by atoms with E-state index in [-0.39, 0.29) is 24.1 Å². The highest BCUT2D eigenvalue weighted by atomic mass is 16.7. The molecule has 0 N–H and O–H groups in total. The fraction of sp³-hybridized carbons (Fsp3) is 0.429. The molecule has 0 amide bonds. The third-order valence-corrected chi connectivity index (χ3v) is 3.36. The van der Waals surface area contributed by atoms with Crippen molar-refractivity contribution in [2.24, 2.45) is 5.92 Å². The van der Waals surface area contributed by atoms with Crippen molar-refractivity contribution < 1.29 is 23.8 Å². The zero-order chi connectivity index (χ0) is 13.2. The molecule has 2 aliphatic heterocycles. The summed E-state index contributed by atoms with van der Waals surface area (Å²) in [5, 5.41) is 0. The van der Waals surface area contributed by atoms with Crippen molar-refractivity contribution in [1.82, 2.24) is 0 Å². The molecule has 2 saturated heterocycles.